The number of hydrogen-bond donors (Lipinski definition) is 2. The van der Waals surface area contributed by atoms with E-state index in [1.165, 1.54) is 0 Å². The molecule has 0 saturated carbocycles. The summed E-state index contributed by atoms with van der Waals surface area (Å²) < 4.78 is 0. The normalized spacial score (nSPS) is 19.3. The second-order valence-corrected chi connectivity index (χ2v) is 5.74. The molecule has 0 aromatic heterocycles. The zero-order chi connectivity index (χ0) is 12.9. The van der Waals surface area contributed by atoms with E-state index in [-0.39, 0.29) is 11.4 Å². The van der Waals surface area contributed by atoms with Crippen LogP contribution < -0.4 is 11.1 Å². The van der Waals surface area contributed by atoms with Gasteiger partial charge in [0.05, 0.1) is 6.54 Å². The lowest BCUT2D eigenvalue weighted by Crippen LogP contribution is -2.48. The van der Waals surface area contributed by atoms with Crippen LogP contribution in [0.4, 0.5) is 0 Å². The first-order valence-corrected chi connectivity index (χ1v) is 6.70. The Morgan fingerprint density at radius 1 is 1.41 bits per heavy atom. The van der Waals surface area contributed by atoms with Gasteiger partial charge in [0.15, 0.2) is 0 Å². The molecule has 4 heteroatoms. The largest absolute Gasteiger partial charge is 0.350 e. The summed E-state index contributed by atoms with van der Waals surface area (Å²) in [5.74, 6) is 0.796. The Balaban J connectivity index is 2.28. The molecule has 1 fully saturated rings. The van der Waals surface area contributed by atoms with Crippen molar-refractivity contribution in [3.8, 4) is 0 Å². The van der Waals surface area contributed by atoms with Crippen LogP contribution >= 0.6 is 0 Å². The molecular weight excluding hydrogens is 214 g/mol. The van der Waals surface area contributed by atoms with Crippen LogP contribution in [-0.2, 0) is 4.79 Å². The summed E-state index contributed by atoms with van der Waals surface area (Å²) in [6.07, 6.45) is 3.20. The van der Waals surface area contributed by atoms with Crippen LogP contribution in [0.3, 0.4) is 0 Å². The highest BCUT2D eigenvalue weighted by atomic mass is 16.2. The molecular formula is C13H27N3O. The van der Waals surface area contributed by atoms with Crippen molar-refractivity contribution in [3.63, 3.8) is 0 Å². The Labute approximate surface area is 105 Å². The monoisotopic (exact) mass is 241 g/mol. The number of nitrogens with zero attached hydrogens (tertiary/aromatic N) is 1. The van der Waals surface area contributed by atoms with Crippen molar-refractivity contribution < 1.29 is 4.79 Å². The van der Waals surface area contributed by atoms with Crippen LogP contribution in [0.25, 0.3) is 0 Å². The van der Waals surface area contributed by atoms with Crippen LogP contribution in [0.1, 0.15) is 40.0 Å². The number of carbonyl (C=O) groups excluding carboxylic acids is 1. The Morgan fingerprint density at radius 3 is 2.47 bits per heavy atom. The van der Waals surface area contributed by atoms with Crippen LogP contribution in [0.5, 0.6) is 0 Å². The molecule has 0 spiro atoms. The molecule has 100 valence electrons. The molecule has 1 aliphatic heterocycles. The number of rotatable bonds is 5. The van der Waals surface area contributed by atoms with Gasteiger partial charge in [-0.3, -0.25) is 9.69 Å². The van der Waals surface area contributed by atoms with E-state index in [1.807, 2.05) is 0 Å². The van der Waals surface area contributed by atoms with Gasteiger partial charge >= 0.3 is 0 Å². The van der Waals surface area contributed by atoms with E-state index >= 15 is 0 Å². The van der Waals surface area contributed by atoms with Crippen LogP contribution in [0, 0.1) is 5.92 Å². The van der Waals surface area contributed by atoms with Gasteiger partial charge in [0.25, 0.3) is 0 Å². The Kier molecular flexibility index (Phi) is 5.40. The minimum Gasteiger partial charge on any atom is -0.350 e. The van der Waals surface area contributed by atoms with E-state index in [4.69, 9.17) is 5.73 Å². The molecule has 1 heterocycles. The van der Waals surface area contributed by atoms with E-state index in [9.17, 15) is 4.79 Å². The molecule has 1 rings (SSSR count). The van der Waals surface area contributed by atoms with Crippen molar-refractivity contribution in [2.45, 2.75) is 45.6 Å². The smallest absolute Gasteiger partial charge is 0.234 e. The molecule has 1 saturated heterocycles. The average molecular weight is 241 g/mol. The molecule has 1 aliphatic rings. The summed E-state index contributed by atoms with van der Waals surface area (Å²) in [5, 5.41) is 3.07. The van der Waals surface area contributed by atoms with Crippen molar-refractivity contribution in [2.24, 2.45) is 11.7 Å². The molecule has 0 unspecified atom stereocenters. The summed E-state index contributed by atoms with van der Waals surface area (Å²) in [5.41, 5.74) is 5.56. The Bertz CT molecular complexity index is 245. The fraction of sp³-hybridized carbons (Fsp3) is 0.923. The molecule has 1 amide bonds. The Hall–Kier alpha value is -0.610. The third kappa shape index (κ3) is 5.04. The molecule has 0 aromatic carbocycles. The summed E-state index contributed by atoms with van der Waals surface area (Å²) in [7, 11) is 0. The van der Waals surface area contributed by atoms with E-state index in [0.717, 1.165) is 38.9 Å². The third-order valence-corrected chi connectivity index (χ3v) is 3.77. The average Bonchev–Trinajstić information content (AvgIpc) is 2.29. The number of nitrogens with two attached hydrogens (primary N) is 1. The highest BCUT2D eigenvalue weighted by Gasteiger charge is 2.22. The molecule has 3 N–H and O–H groups in total. The lowest BCUT2D eigenvalue weighted by Gasteiger charge is -2.32. The van der Waals surface area contributed by atoms with Crippen molar-refractivity contribution in [1.82, 2.24) is 10.2 Å². The summed E-state index contributed by atoms with van der Waals surface area (Å²) in [6, 6.07) is 0. The fourth-order valence-corrected chi connectivity index (χ4v) is 2.09. The number of amides is 1. The van der Waals surface area contributed by atoms with Crippen LogP contribution in [0.15, 0.2) is 0 Å². The molecule has 4 nitrogen and oxygen atoms in total. The summed E-state index contributed by atoms with van der Waals surface area (Å²) in [6.45, 7) is 9.53. The van der Waals surface area contributed by atoms with Crippen molar-refractivity contribution in [3.05, 3.63) is 0 Å². The molecule has 0 bridgehead atoms. The van der Waals surface area contributed by atoms with Gasteiger partial charge in [-0.05, 0) is 58.7 Å². The minimum absolute atomic E-state index is 0.0906. The molecule has 0 radical (unpaired) electrons. The zero-order valence-corrected chi connectivity index (χ0v) is 11.5. The lowest BCUT2D eigenvalue weighted by molar-refractivity contribution is -0.124. The quantitative estimate of drug-likeness (QED) is 0.754. The molecule has 17 heavy (non-hydrogen) atoms. The highest BCUT2D eigenvalue weighted by molar-refractivity contribution is 5.78. The van der Waals surface area contributed by atoms with E-state index in [2.05, 4.69) is 31.0 Å². The maximum atomic E-state index is 11.9. The third-order valence-electron chi connectivity index (χ3n) is 3.77. The van der Waals surface area contributed by atoms with E-state index < -0.39 is 0 Å². The lowest BCUT2D eigenvalue weighted by atomic mass is 9.97. The van der Waals surface area contributed by atoms with Gasteiger partial charge in [-0.15, -0.1) is 0 Å². The number of hydrogen-bond acceptors (Lipinski definition) is 3. The second kappa shape index (κ2) is 6.36. The number of nitrogens with one attached hydrogen (secondary N) is 1. The first-order valence-electron chi connectivity index (χ1n) is 6.70. The molecule has 0 aromatic rings. The van der Waals surface area contributed by atoms with Gasteiger partial charge in [0.1, 0.15) is 0 Å². The topological polar surface area (TPSA) is 58.4 Å². The first-order chi connectivity index (χ1) is 7.96. The van der Waals surface area contributed by atoms with Gasteiger partial charge in [0.2, 0.25) is 5.91 Å². The van der Waals surface area contributed by atoms with Gasteiger partial charge < -0.3 is 11.1 Å². The second-order valence-electron chi connectivity index (χ2n) is 5.74. The van der Waals surface area contributed by atoms with Crippen molar-refractivity contribution in [2.75, 3.05) is 26.2 Å². The minimum atomic E-state index is -0.0906. The fourth-order valence-electron chi connectivity index (χ4n) is 2.09. The van der Waals surface area contributed by atoms with Crippen molar-refractivity contribution in [1.29, 1.82) is 0 Å². The predicted molar refractivity (Wildman–Crippen MR) is 70.7 cm³/mol. The number of piperidine rings is 1. The summed E-state index contributed by atoms with van der Waals surface area (Å²) >= 11 is 0. The Morgan fingerprint density at radius 2 is 2.00 bits per heavy atom. The maximum absolute atomic E-state index is 11.9. The molecule has 0 aliphatic carbocycles. The maximum Gasteiger partial charge on any atom is 0.234 e. The molecule has 0 atom stereocenters. The first kappa shape index (κ1) is 14.5. The van der Waals surface area contributed by atoms with Gasteiger partial charge in [-0.2, -0.15) is 0 Å². The van der Waals surface area contributed by atoms with E-state index in [1.54, 1.807) is 0 Å². The van der Waals surface area contributed by atoms with Crippen LogP contribution in [0.2, 0.25) is 0 Å². The van der Waals surface area contributed by atoms with Gasteiger partial charge in [-0.25, -0.2) is 0 Å². The predicted octanol–water partition coefficient (Wildman–Crippen LogP) is 0.962. The van der Waals surface area contributed by atoms with E-state index in [0.29, 0.717) is 12.5 Å². The van der Waals surface area contributed by atoms with Crippen LogP contribution in [-0.4, -0.2) is 42.5 Å². The standard InChI is InChI=1S/C13H27N3O/c1-4-13(2,3)15-12(17)10-16-7-5-11(9-14)6-8-16/h11H,4-10,14H2,1-3H3,(H,15,17). The van der Waals surface area contributed by atoms with Crippen molar-refractivity contribution >= 4 is 5.91 Å². The number of carbonyl (C=O) groups is 1. The zero-order valence-electron chi connectivity index (χ0n) is 11.5. The highest BCUT2D eigenvalue weighted by Crippen LogP contribution is 2.15. The SMILES string of the molecule is CCC(C)(C)NC(=O)CN1CCC(CN)CC1. The van der Waals surface area contributed by atoms with Gasteiger partial charge in [0, 0.05) is 5.54 Å². The van der Waals surface area contributed by atoms with Gasteiger partial charge in [-0.1, -0.05) is 6.92 Å². The summed E-state index contributed by atoms with van der Waals surface area (Å²) in [4.78, 5) is 14.1. The number of likely N-dealkylation sites (tertiary alicyclic amines) is 1.